The zero-order chi connectivity index (χ0) is 10.7. The first-order valence-electron chi connectivity index (χ1n) is 6.04. The number of nitrogens with one attached hydrogen (secondary N) is 1. The summed E-state index contributed by atoms with van der Waals surface area (Å²) in [5.74, 6) is 1.99. The van der Waals surface area contributed by atoms with Crippen molar-refractivity contribution in [3.05, 3.63) is 18.2 Å². The molecule has 0 aromatic carbocycles. The molecule has 1 aliphatic carbocycles. The predicted octanol–water partition coefficient (Wildman–Crippen LogP) is 2.18. The fraction of sp³-hybridized carbons (Fsp3) is 0.750. The quantitative estimate of drug-likeness (QED) is 0.820. The molecule has 0 spiro atoms. The third-order valence-corrected chi connectivity index (χ3v) is 3.53. The Morgan fingerprint density at radius 2 is 2.40 bits per heavy atom. The van der Waals surface area contributed by atoms with Gasteiger partial charge in [0, 0.05) is 25.0 Å². The maximum absolute atomic E-state index is 4.37. The maximum atomic E-state index is 4.37. The molecule has 1 aliphatic rings. The third-order valence-electron chi connectivity index (χ3n) is 3.53. The van der Waals surface area contributed by atoms with Gasteiger partial charge in [0.1, 0.15) is 5.82 Å². The van der Waals surface area contributed by atoms with Crippen molar-refractivity contribution in [2.75, 3.05) is 0 Å². The highest BCUT2D eigenvalue weighted by molar-refractivity contribution is 4.93. The molecular weight excluding hydrogens is 186 g/mol. The molecule has 1 saturated carbocycles. The predicted molar refractivity (Wildman–Crippen MR) is 61.5 cm³/mol. The van der Waals surface area contributed by atoms with Crippen LogP contribution in [0, 0.1) is 5.92 Å². The van der Waals surface area contributed by atoms with E-state index in [9.17, 15) is 0 Å². The number of nitrogens with zero attached hydrogens (tertiary/aromatic N) is 2. The van der Waals surface area contributed by atoms with E-state index in [4.69, 9.17) is 0 Å². The van der Waals surface area contributed by atoms with Crippen LogP contribution in [-0.2, 0) is 13.1 Å². The minimum Gasteiger partial charge on any atom is -0.334 e. The van der Waals surface area contributed by atoms with Crippen LogP contribution in [0.25, 0.3) is 0 Å². The Morgan fingerprint density at radius 3 is 3.07 bits per heavy atom. The van der Waals surface area contributed by atoms with Crippen molar-refractivity contribution in [2.45, 2.75) is 52.2 Å². The van der Waals surface area contributed by atoms with Crippen LogP contribution in [0.5, 0.6) is 0 Å². The number of hydrogen-bond donors (Lipinski definition) is 1. The molecule has 1 heterocycles. The molecule has 1 fully saturated rings. The largest absolute Gasteiger partial charge is 0.334 e. The SMILES string of the molecule is CCn1ccnc1CNC1CCCC1C. The van der Waals surface area contributed by atoms with Gasteiger partial charge in [-0.1, -0.05) is 13.3 Å². The van der Waals surface area contributed by atoms with Gasteiger partial charge in [0.05, 0.1) is 6.54 Å². The normalized spacial score (nSPS) is 26.0. The first-order valence-corrected chi connectivity index (χ1v) is 6.04. The molecule has 84 valence electrons. The lowest BCUT2D eigenvalue weighted by atomic mass is 10.1. The van der Waals surface area contributed by atoms with Crippen molar-refractivity contribution in [3.8, 4) is 0 Å². The third kappa shape index (κ3) is 2.40. The van der Waals surface area contributed by atoms with Crippen molar-refractivity contribution in [1.82, 2.24) is 14.9 Å². The van der Waals surface area contributed by atoms with Crippen molar-refractivity contribution in [1.29, 1.82) is 0 Å². The molecular formula is C12H21N3. The maximum Gasteiger partial charge on any atom is 0.122 e. The van der Waals surface area contributed by atoms with E-state index in [0.717, 1.165) is 24.8 Å². The molecule has 3 heteroatoms. The van der Waals surface area contributed by atoms with Crippen molar-refractivity contribution < 1.29 is 0 Å². The lowest BCUT2D eigenvalue weighted by Crippen LogP contribution is -2.31. The van der Waals surface area contributed by atoms with Gasteiger partial charge < -0.3 is 9.88 Å². The number of imidazole rings is 1. The molecule has 0 bridgehead atoms. The van der Waals surface area contributed by atoms with E-state index in [-0.39, 0.29) is 0 Å². The van der Waals surface area contributed by atoms with Crippen molar-refractivity contribution in [3.63, 3.8) is 0 Å². The van der Waals surface area contributed by atoms with Gasteiger partial charge in [0.2, 0.25) is 0 Å². The molecule has 15 heavy (non-hydrogen) atoms. The highest BCUT2D eigenvalue weighted by Crippen LogP contribution is 2.24. The Morgan fingerprint density at radius 1 is 1.53 bits per heavy atom. The van der Waals surface area contributed by atoms with Crippen molar-refractivity contribution >= 4 is 0 Å². The molecule has 1 aromatic heterocycles. The molecule has 0 radical (unpaired) electrons. The Hall–Kier alpha value is -0.830. The first kappa shape index (κ1) is 10.7. The van der Waals surface area contributed by atoms with Gasteiger partial charge in [0.15, 0.2) is 0 Å². The zero-order valence-corrected chi connectivity index (χ0v) is 9.74. The fourth-order valence-electron chi connectivity index (χ4n) is 2.47. The second-order valence-electron chi connectivity index (χ2n) is 4.53. The molecule has 2 rings (SSSR count). The zero-order valence-electron chi connectivity index (χ0n) is 9.74. The second-order valence-corrected chi connectivity index (χ2v) is 4.53. The lowest BCUT2D eigenvalue weighted by molar-refractivity contribution is 0.416. The van der Waals surface area contributed by atoms with Crippen molar-refractivity contribution in [2.24, 2.45) is 5.92 Å². The van der Waals surface area contributed by atoms with Gasteiger partial charge in [-0.3, -0.25) is 0 Å². The molecule has 1 aromatic rings. The molecule has 3 nitrogen and oxygen atoms in total. The highest BCUT2D eigenvalue weighted by atomic mass is 15.1. The minimum atomic E-state index is 0.701. The smallest absolute Gasteiger partial charge is 0.122 e. The van der Waals surface area contributed by atoms with Crippen LogP contribution in [0.15, 0.2) is 12.4 Å². The fourth-order valence-corrected chi connectivity index (χ4v) is 2.47. The number of rotatable bonds is 4. The van der Waals surface area contributed by atoms with Gasteiger partial charge >= 0.3 is 0 Å². The van der Waals surface area contributed by atoms with Crippen LogP contribution >= 0.6 is 0 Å². The Bertz CT molecular complexity index is 306. The van der Waals surface area contributed by atoms with Crippen LogP contribution in [-0.4, -0.2) is 15.6 Å². The summed E-state index contributed by atoms with van der Waals surface area (Å²) in [5, 5.41) is 3.63. The summed E-state index contributed by atoms with van der Waals surface area (Å²) in [6, 6.07) is 0.701. The highest BCUT2D eigenvalue weighted by Gasteiger charge is 2.22. The molecule has 1 N–H and O–H groups in total. The second kappa shape index (κ2) is 4.79. The summed E-state index contributed by atoms with van der Waals surface area (Å²) < 4.78 is 2.20. The van der Waals surface area contributed by atoms with E-state index in [1.165, 1.54) is 19.3 Å². The molecule has 0 amide bonds. The average Bonchev–Trinajstić information content (AvgIpc) is 2.83. The van der Waals surface area contributed by atoms with Gasteiger partial charge in [-0.2, -0.15) is 0 Å². The summed E-state index contributed by atoms with van der Waals surface area (Å²) in [6.45, 7) is 6.42. The van der Waals surface area contributed by atoms with Crippen LogP contribution in [0.4, 0.5) is 0 Å². The number of aryl methyl sites for hydroxylation is 1. The summed E-state index contributed by atoms with van der Waals surface area (Å²) >= 11 is 0. The minimum absolute atomic E-state index is 0.701. The van der Waals surface area contributed by atoms with Crippen LogP contribution < -0.4 is 5.32 Å². The van der Waals surface area contributed by atoms with Crippen LogP contribution in [0.1, 0.15) is 38.9 Å². The standard InChI is InChI=1S/C12H21N3/c1-3-15-8-7-13-12(15)9-14-11-6-4-5-10(11)2/h7-8,10-11,14H,3-6,9H2,1-2H3. The van der Waals surface area contributed by atoms with E-state index in [2.05, 4.69) is 34.9 Å². The number of aromatic nitrogens is 2. The molecule has 0 saturated heterocycles. The topological polar surface area (TPSA) is 29.9 Å². The molecule has 0 aliphatic heterocycles. The summed E-state index contributed by atoms with van der Waals surface area (Å²) in [4.78, 5) is 4.37. The summed E-state index contributed by atoms with van der Waals surface area (Å²) in [5.41, 5.74) is 0. The Kier molecular flexibility index (Phi) is 3.41. The van der Waals surface area contributed by atoms with Gasteiger partial charge in [0.25, 0.3) is 0 Å². The Balaban J connectivity index is 1.87. The molecule has 2 atom stereocenters. The van der Waals surface area contributed by atoms with E-state index in [0.29, 0.717) is 6.04 Å². The molecule has 2 unspecified atom stereocenters. The summed E-state index contributed by atoms with van der Waals surface area (Å²) in [6.07, 6.45) is 8.02. The monoisotopic (exact) mass is 207 g/mol. The van der Waals surface area contributed by atoms with Gasteiger partial charge in [-0.15, -0.1) is 0 Å². The summed E-state index contributed by atoms with van der Waals surface area (Å²) in [7, 11) is 0. The lowest BCUT2D eigenvalue weighted by Gasteiger charge is -2.17. The Labute approximate surface area is 91.9 Å². The van der Waals surface area contributed by atoms with E-state index in [1.807, 2.05) is 6.20 Å². The van der Waals surface area contributed by atoms with E-state index in [1.54, 1.807) is 0 Å². The van der Waals surface area contributed by atoms with Crippen LogP contribution in [0.2, 0.25) is 0 Å². The van der Waals surface area contributed by atoms with Gasteiger partial charge in [-0.05, 0) is 25.7 Å². The van der Waals surface area contributed by atoms with E-state index >= 15 is 0 Å². The number of hydrogen-bond acceptors (Lipinski definition) is 2. The van der Waals surface area contributed by atoms with E-state index < -0.39 is 0 Å². The first-order chi connectivity index (χ1) is 7.31. The van der Waals surface area contributed by atoms with Crippen LogP contribution in [0.3, 0.4) is 0 Å². The van der Waals surface area contributed by atoms with Gasteiger partial charge in [-0.25, -0.2) is 4.98 Å². The average molecular weight is 207 g/mol.